The molecule has 146 valence electrons. The predicted molar refractivity (Wildman–Crippen MR) is 106 cm³/mol. The Balaban J connectivity index is 2.21. The molecule has 0 radical (unpaired) electrons. The summed E-state index contributed by atoms with van der Waals surface area (Å²) in [5, 5.41) is 14.4. The molecule has 3 atom stereocenters. The Morgan fingerprint density at radius 1 is 1.07 bits per heavy atom. The minimum atomic E-state index is -1.36. The van der Waals surface area contributed by atoms with Gasteiger partial charge in [-0.1, -0.05) is 30.3 Å². The zero-order valence-electron chi connectivity index (χ0n) is 16.2. The number of carbonyl (C=O) groups excluding carboxylic acids is 2. The Hall–Kier alpha value is -2.79. The highest BCUT2D eigenvalue weighted by molar-refractivity contribution is 5.98. The number of benzene rings is 2. The summed E-state index contributed by atoms with van der Waals surface area (Å²) in [6.45, 7) is 4.48. The summed E-state index contributed by atoms with van der Waals surface area (Å²) in [7, 11) is 0. The fourth-order valence-electron chi connectivity index (χ4n) is 4.22. The molecule has 3 rings (SSSR count). The zero-order valence-corrected chi connectivity index (χ0v) is 16.2. The van der Waals surface area contributed by atoms with Crippen molar-refractivity contribution in [1.82, 2.24) is 0 Å². The molecule has 28 heavy (non-hydrogen) atoms. The zero-order chi connectivity index (χ0) is 20.5. The molecule has 0 saturated heterocycles. The van der Waals surface area contributed by atoms with Gasteiger partial charge in [0.15, 0.2) is 5.78 Å². The largest absolute Gasteiger partial charge is 0.389 e. The minimum Gasteiger partial charge on any atom is -0.389 e. The van der Waals surface area contributed by atoms with Gasteiger partial charge in [0, 0.05) is 29.3 Å². The third-order valence-electron chi connectivity index (χ3n) is 5.29. The number of carbonyl (C=O) groups is 2. The van der Waals surface area contributed by atoms with Crippen molar-refractivity contribution in [3.8, 4) is 0 Å². The molecule has 0 heterocycles. The van der Waals surface area contributed by atoms with E-state index in [0.717, 1.165) is 5.69 Å². The van der Waals surface area contributed by atoms with Crippen molar-refractivity contribution in [1.29, 1.82) is 0 Å². The number of ketones is 2. The van der Waals surface area contributed by atoms with Crippen LogP contribution in [-0.4, -0.2) is 22.3 Å². The first kappa shape index (κ1) is 20.0. The molecule has 2 aromatic rings. The van der Waals surface area contributed by atoms with E-state index in [-0.39, 0.29) is 18.0 Å². The Labute approximate surface area is 164 Å². The van der Waals surface area contributed by atoms with Gasteiger partial charge in [-0.05, 0) is 50.6 Å². The summed E-state index contributed by atoms with van der Waals surface area (Å²) < 4.78 is 13.5. The summed E-state index contributed by atoms with van der Waals surface area (Å²) >= 11 is 0. The van der Waals surface area contributed by atoms with Crippen molar-refractivity contribution in [2.45, 2.75) is 38.7 Å². The molecule has 2 aromatic carbocycles. The van der Waals surface area contributed by atoms with Crippen molar-refractivity contribution < 1.29 is 19.1 Å². The number of allylic oxidation sites excluding steroid dienone is 1. The average molecular weight is 381 g/mol. The van der Waals surface area contributed by atoms with Crippen LogP contribution in [0.4, 0.5) is 10.1 Å². The lowest BCUT2D eigenvalue weighted by molar-refractivity contribution is -0.131. The van der Waals surface area contributed by atoms with Gasteiger partial charge in [0.2, 0.25) is 0 Å². The number of halogens is 1. The molecule has 0 saturated carbocycles. The van der Waals surface area contributed by atoms with E-state index >= 15 is 0 Å². The molecule has 0 amide bonds. The van der Waals surface area contributed by atoms with E-state index in [0.29, 0.717) is 16.8 Å². The van der Waals surface area contributed by atoms with Crippen molar-refractivity contribution in [3.63, 3.8) is 0 Å². The van der Waals surface area contributed by atoms with E-state index in [4.69, 9.17) is 0 Å². The highest BCUT2D eigenvalue weighted by Gasteiger charge is 2.49. The van der Waals surface area contributed by atoms with Crippen LogP contribution in [0.3, 0.4) is 0 Å². The summed E-state index contributed by atoms with van der Waals surface area (Å²) in [6.07, 6.45) is 0.138. The third-order valence-corrected chi connectivity index (χ3v) is 5.29. The number of nitrogens with one attached hydrogen (secondary N) is 1. The van der Waals surface area contributed by atoms with Crippen LogP contribution in [0.25, 0.3) is 0 Å². The number of para-hydroxylation sites is 1. The molecule has 0 fully saturated rings. The van der Waals surface area contributed by atoms with Crippen molar-refractivity contribution >= 4 is 17.3 Å². The number of hydrogen-bond acceptors (Lipinski definition) is 4. The maximum atomic E-state index is 13.5. The van der Waals surface area contributed by atoms with Crippen LogP contribution in [0.15, 0.2) is 65.9 Å². The standard InChI is InChI=1S/C23H24FNO3/c1-14(26)20-19(25-18-7-5-4-6-8-18)13-23(3,28)22(15(2)27)21(20)16-9-11-17(24)12-10-16/h4-12,21-22,25,28H,13H2,1-3H3/t21-,22-,23-/m0/s1. The third kappa shape index (κ3) is 3.90. The fourth-order valence-corrected chi connectivity index (χ4v) is 4.22. The summed E-state index contributed by atoms with van der Waals surface area (Å²) in [6, 6.07) is 15.1. The van der Waals surface area contributed by atoms with Crippen molar-refractivity contribution in [2.75, 3.05) is 5.32 Å². The van der Waals surface area contributed by atoms with Crippen LogP contribution in [0.5, 0.6) is 0 Å². The van der Waals surface area contributed by atoms with E-state index in [1.165, 1.54) is 26.0 Å². The molecular formula is C23H24FNO3. The monoisotopic (exact) mass is 381 g/mol. The van der Waals surface area contributed by atoms with Gasteiger partial charge in [-0.25, -0.2) is 4.39 Å². The smallest absolute Gasteiger partial charge is 0.158 e. The lowest BCUT2D eigenvalue weighted by Crippen LogP contribution is -2.48. The predicted octanol–water partition coefficient (Wildman–Crippen LogP) is 4.22. The first-order valence-electron chi connectivity index (χ1n) is 9.25. The SMILES string of the molecule is CC(=O)C1=C(Nc2ccccc2)C[C@](C)(O)[C@@H](C(C)=O)[C@H]1c1ccc(F)cc1. The molecule has 1 aliphatic carbocycles. The first-order valence-corrected chi connectivity index (χ1v) is 9.25. The Morgan fingerprint density at radius 3 is 2.21 bits per heavy atom. The summed E-state index contributed by atoms with van der Waals surface area (Å²) in [5.41, 5.74) is 1.07. The van der Waals surface area contributed by atoms with Crippen molar-refractivity contribution in [3.05, 3.63) is 77.2 Å². The number of aliphatic hydroxyl groups is 1. The molecule has 0 spiro atoms. The van der Waals surface area contributed by atoms with E-state index in [1.807, 2.05) is 30.3 Å². The average Bonchev–Trinajstić information content (AvgIpc) is 2.61. The molecule has 1 aliphatic rings. The van der Waals surface area contributed by atoms with Gasteiger partial charge in [0.1, 0.15) is 11.6 Å². The number of rotatable bonds is 5. The lowest BCUT2D eigenvalue weighted by Gasteiger charge is -2.43. The molecule has 0 unspecified atom stereocenters. The fraction of sp³-hybridized carbons (Fsp3) is 0.304. The first-order chi connectivity index (χ1) is 13.2. The molecule has 0 bridgehead atoms. The summed E-state index contributed by atoms with van der Waals surface area (Å²) in [5.74, 6) is -2.27. The second kappa shape index (κ2) is 7.68. The molecule has 4 nitrogen and oxygen atoms in total. The Kier molecular flexibility index (Phi) is 5.47. The molecule has 2 N–H and O–H groups in total. The topological polar surface area (TPSA) is 66.4 Å². The summed E-state index contributed by atoms with van der Waals surface area (Å²) in [4.78, 5) is 25.2. The van der Waals surface area contributed by atoms with Crippen LogP contribution in [0, 0.1) is 11.7 Å². The Bertz CT molecular complexity index is 917. The maximum absolute atomic E-state index is 13.5. The number of anilines is 1. The number of hydrogen-bond donors (Lipinski definition) is 2. The normalized spacial score (nSPS) is 24.8. The van der Waals surface area contributed by atoms with Gasteiger partial charge in [-0.15, -0.1) is 0 Å². The molecule has 0 aromatic heterocycles. The molecule has 5 heteroatoms. The van der Waals surface area contributed by atoms with Gasteiger partial charge < -0.3 is 10.4 Å². The maximum Gasteiger partial charge on any atom is 0.158 e. The van der Waals surface area contributed by atoms with Gasteiger partial charge in [0.25, 0.3) is 0 Å². The molecular weight excluding hydrogens is 357 g/mol. The lowest BCUT2D eigenvalue weighted by atomic mass is 9.64. The van der Waals surface area contributed by atoms with Crippen LogP contribution in [0.2, 0.25) is 0 Å². The van der Waals surface area contributed by atoms with Gasteiger partial charge in [-0.2, -0.15) is 0 Å². The second-order valence-corrected chi connectivity index (χ2v) is 7.59. The Morgan fingerprint density at radius 2 is 1.68 bits per heavy atom. The minimum absolute atomic E-state index is 0.138. The van der Waals surface area contributed by atoms with E-state index in [9.17, 15) is 19.1 Å². The number of Topliss-reactive ketones (excluding diaryl/α,β-unsaturated/α-hetero) is 2. The molecule has 0 aliphatic heterocycles. The van der Waals surface area contributed by atoms with Crippen LogP contribution < -0.4 is 5.32 Å². The van der Waals surface area contributed by atoms with Gasteiger partial charge >= 0.3 is 0 Å². The van der Waals surface area contributed by atoms with Crippen LogP contribution in [0.1, 0.15) is 38.7 Å². The second-order valence-electron chi connectivity index (χ2n) is 7.59. The van der Waals surface area contributed by atoms with Gasteiger partial charge in [0.05, 0.1) is 11.5 Å². The van der Waals surface area contributed by atoms with E-state index in [1.54, 1.807) is 19.1 Å². The quantitative estimate of drug-likeness (QED) is 0.814. The van der Waals surface area contributed by atoms with Crippen molar-refractivity contribution in [2.24, 2.45) is 5.92 Å². The van der Waals surface area contributed by atoms with E-state index < -0.39 is 23.3 Å². The van der Waals surface area contributed by atoms with Crippen LogP contribution >= 0.6 is 0 Å². The van der Waals surface area contributed by atoms with Gasteiger partial charge in [-0.3, -0.25) is 9.59 Å². The van der Waals surface area contributed by atoms with E-state index in [2.05, 4.69) is 5.32 Å². The van der Waals surface area contributed by atoms with Crippen LogP contribution in [-0.2, 0) is 9.59 Å². The highest BCUT2D eigenvalue weighted by Crippen LogP contribution is 2.47. The highest BCUT2D eigenvalue weighted by atomic mass is 19.1.